The van der Waals surface area contributed by atoms with Gasteiger partial charge in [0.2, 0.25) is 0 Å². The Labute approximate surface area is 93.1 Å². The quantitative estimate of drug-likeness (QED) is 0.790. The minimum atomic E-state index is 0.801. The number of methoxy groups -OCH3 is 1. The molecule has 3 nitrogen and oxygen atoms in total. The third kappa shape index (κ3) is 2.67. The number of nitrogens with zero attached hydrogens (tertiary/aromatic N) is 1. The summed E-state index contributed by atoms with van der Waals surface area (Å²) in [6.45, 7) is 1.74. The summed E-state index contributed by atoms with van der Waals surface area (Å²) < 4.78 is 6.22. The Hall–Kier alpha value is -1.13. The molecular formula is C11H14N2OS. The number of ether oxygens (including phenoxy) is 1. The molecule has 0 radical (unpaired) electrons. The van der Waals surface area contributed by atoms with Crippen molar-refractivity contribution >= 4 is 27.2 Å². The van der Waals surface area contributed by atoms with Crippen LogP contribution in [-0.2, 0) is 4.74 Å². The monoisotopic (exact) mass is 222 g/mol. The third-order valence-electron chi connectivity index (χ3n) is 2.19. The van der Waals surface area contributed by atoms with Gasteiger partial charge in [0.15, 0.2) is 0 Å². The van der Waals surface area contributed by atoms with Gasteiger partial charge in [-0.2, -0.15) is 0 Å². The summed E-state index contributed by atoms with van der Waals surface area (Å²) in [7, 11) is 1.73. The summed E-state index contributed by atoms with van der Waals surface area (Å²) in [5.41, 5.74) is 4.10. The zero-order valence-corrected chi connectivity index (χ0v) is 9.51. The Kier molecular flexibility index (Phi) is 3.53. The first-order valence-electron chi connectivity index (χ1n) is 4.96. The van der Waals surface area contributed by atoms with E-state index < -0.39 is 0 Å². The lowest BCUT2D eigenvalue weighted by molar-refractivity contribution is 0.198. The van der Waals surface area contributed by atoms with Gasteiger partial charge in [0.05, 0.1) is 15.7 Å². The molecule has 1 aromatic carbocycles. The van der Waals surface area contributed by atoms with Crippen LogP contribution in [0, 0.1) is 0 Å². The summed E-state index contributed by atoms with van der Waals surface area (Å²) in [5.74, 6) is 0. The van der Waals surface area contributed by atoms with E-state index in [2.05, 4.69) is 22.4 Å². The molecule has 0 aliphatic rings. The number of anilines is 1. The second-order valence-corrected chi connectivity index (χ2v) is 4.19. The standard InChI is InChI=1S/C11H14N2OS/c1-14-6-2-5-12-9-3-4-10-11(7-9)15-8-13-10/h3-4,7-8,12H,2,5-6H2,1H3. The number of benzene rings is 1. The molecule has 0 amide bonds. The van der Waals surface area contributed by atoms with Gasteiger partial charge in [0.25, 0.3) is 0 Å². The molecule has 0 unspecified atom stereocenters. The highest BCUT2D eigenvalue weighted by Gasteiger charge is 1.97. The minimum absolute atomic E-state index is 0.801. The smallest absolute Gasteiger partial charge is 0.0813 e. The molecule has 15 heavy (non-hydrogen) atoms. The van der Waals surface area contributed by atoms with Gasteiger partial charge in [0.1, 0.15) is 0 Å². The van der Waals surface area contributed by atoms with Crippen LogP contribution < -0.4 is 5.32 Å². The van der Waals surface area contributed by atoms with E-state index in [9.17, 15) is 0 Å². The average Bonchev–Trinajstić information content (AvgIpc) is 2.71. The molecule has 1 aromatic heterocycles. The topological polar surface area (TPSA) is 34.1 Å². The van der Waals surface area contributed by atoms with Crippen molar-refractivity contribution in [3.8, 4) is 0 Å². The molecule has 4 heteroatoms. The molecule has 2 rings (SSSR count). The van der Waals surface area contributed by atoms with Crippen molar-refractivity contribution in [3.05, 3.63) is 23.7 Å². The van der Waals surface area contributed by atoms with Crippen LogP contribution in [0.5, 0.6) is 0 Å². The average molecular weight is 222 g/mol. The lowest BCUT2D eigenvalue weighted by Crippen LogP contribution is -2.04. The van der Waals surface area contributed by atoms with Crippen LogP contribution in [-0.4, -0.2) is 25.2 Å². The minimum Gasteiger partial charge on any atom is -0.385 e. The predicted octanol–water partition coefficient (Wildman–Crippen LogP) is 2.74. The zero-order chi connectivity index (χ0) is 10.5. The highest BCUT2D eigenvalue weighted by atomic mass is 32.1. The summed E-state index contributed by atoms with van der Waals surface area (Å²) >= 11 is 1.67. The Morgan fingerprint density at radius 3 is 3.27 bits per heavy atom. The molecule has 0 atom stereocenters. The van der Waals surface area contributed by atoms with Crippen molar-refractivity contribution in [2.45, 2.75) is 6.42 Å². The predicted molar refractivity (Wildman–Crippen MR) is 64.6 cm³/mol. The first-order chi connectivity index (χ1) is 7.40. The maximum absolute atomic E-state index is 4.99. The normalized spacial score (nSPS) is 10.7. The summed E-state index contributed by atoms with van der Waals surface area (Å²) in [6.07, 6.45) is 1.03. The van der Waals surface area contributed by atoms with Gasteiger partial charge < -0.3 is 10.1 Å². The lowest BCUT2D eigenvalue weighted by Gasteiger charge is -2.05. The lowest BCUT2D eigenvalue weighted by atomic mass is 10.3. The van der Waals surface area contributed by atoms with E-state index in [4.69, 9.17) is 4.74 Å². The Balaban J connectivity index is 1.96. The molecular weight excluding hydrogens is 208 g/mol. The van der Waals surface area contributed by atoms with Crippen LogP contribution >= 0.6 is 11.3 Å². The van der Waals surface area contributed by atoms with Gasteiger partial charge in [-0.05, 0) is 24.6 Å². The van der Waals surface area contributed by atoms with Crippen LogP contribution in [0.25, 0.3) is 10.2 Å². The maximum atomic E-state index is 4.99. The zero-order valence-electron chi connectivity index (χ0n) is 8.69. The van der Waals surface area contributed by atoms with Crippen molar-refractivity contribution in [1.29, 1.82) is 0 Å². The summed E-state index contributed by atoms with van der Waals surface area (Å²) in [6, 6.07) is 6.25. The first-order valence-corrected chi connectivity index (χ1v) is 5.84. The number of nitrogens with one attached hydrogen (secondary N) is 1. The fourth-order valence-electron chi connectivity index (χ4n) is 1.41. The van der Waals surface area contributed by atoms with Crippen molar-refractivity contribution in [2.75, 3.05) is 25.6 Å². The molecule has 0 saturated carbocycles. The second-order valence-electron chi connectivity index (χ2n) is 3.31. The van der Waals surface area contributed by atoms with E-state index in [1.54, 1.807) is 18.4 Å². The van der Waals surface area contributed by atoms with Crippen molar-refractivity contribution in [1.82, 2.24) is 4.98 Å². The molecule has 0 spiro atoms. The van der Waals surface area contributed by atoms with E-state index >= 15 is 0 Å². The SMILES string of the molecule is COCCCNc1ccc2ncsc2c1. The van der Waals surface area contributed by atoms with Crippen molar-refractivity contribution in [3.63, 3.8) is 0 Å². The number of hydrogen-bond acceptors (Lipinski definition) is 4. The van der Waals surface area contributed by atoms with Crippen molar-refractivity contribution in [2.24, 2.45) is 0 Å². The van der Waals surface area contributed by atoms with Gasteiger partial charge in [-0.3, -0.25) is 0 Å². The van der Waals surface area contributed by atoms with E-state index in [1.165, 1.54) is 4.70 Å². The summed E-state index contributed by atoms with van der Waals surface area (Å²) in [4.78, 5) is 4.24. The molecule has 0 aliphatic heterocycles. The number of rotatable bonds is 5. The van der Waals surface area contributed by atoms with E-state index in [1.807, 2.05) is 11.6 Å². The third-order valence-corrected chi connectivity index (χ3v) is 2.98. The molecule has 80 valence electrons. The number of thiazole rings is 1. The fraction of sp³-hybridized carbons (Fsp3) is 0.364. The van der Waals surface area contributed by atoms with Gasteiger partial charge in [0, 0.05) is 25.9 Å². The van der Waals surface area contributed by atoms with Crippen LogP contribution in [0.15, 0.2) is 23.7 Å². The Bertz CT molecular complexity index is 427. The highest BCUT2D eigenvalue weighted by Crippen LogP contribution is 2.21. The number of fused-ring (bicyclic) bond motifs is 1. The number of aromatic nitrogens is 1. The largest absolute Gasteiger partial charge is 0.385 e. The van der Waals surface area contributed by atoms with Crippen LogP contribution in [0.2, 0.25) is 0 Å². The molecule has 1 heterocycles. The fourth-order valence-corrected chi connectivity index (χ4v) is 2.13. The van der Waals surface area contributed by atoms with Gasteiger partial charge in [-0.15, -0.1) is 11.3 Å². The van der Waals surface area contributed by atoms with Crippen LogP contribution in [0.4, 0.5) is 5.69 Å². The van der Waals surface area contributed by atoms with Crippen LogP contribution in [0.3, 0.4) is 0 Å². The Morgan fingerprint density at radius 2 is 2.40 bits per heavy atom. The molecule has 0 bridgehead atoms. The van der Waals surface area contributed by atoms with Gasteiger partial charge in [-0.25, -0.2) is 4.98 Å². The second kappa shape index (κ2) is 5.09. The van der Waals surface area contributed by atoms with Gasteiger partial charge in [-0.1, -0.05) is 0 Å². The van der Waals surface area contributed by atoms with E-state index in [0.717, 1.165) is 30.8 Å². The van der Waals surface area contributed by atoms with E-state index in [-0.39, 0.29) is 0 Å². The first kappa shape index (κ1) is 10.4. The summed E-state index contributed by atoms with van der Waals surface area (Å²) in [5, 5.41) is 3.36. The molecule has 0 fully saturated rings. The molecule has 1 N–H and O–H groups in total. The van der Waals surface area contributed by atoms with E-state index in [0.29, 0.717) is 0 Å². The van der Waals surface area contributed by atoms with Crippen LogP contribution in [0.1, 0.15) is 6.42 Å². The molecule has 2 aromatic rings. The molecule has 0 saturated heterocycles. The molecule has 0 aliphatic carbocycles. The number of hydrogen-bond donors (Lipinski definition) is 1. The van der Waals surface area contributed by atoms with Gasteiger partial charge >= 0.3 is 0 Å². The Morgan fingerprint density at radius 1 is 1.47 bits per heavy atom. The van der Waals surface area contributed by atoms with Crippen molar-refractivity contribution < 1.29 is 4.74 Å². The maximum Gasteiger partial charge on any atom is 0.0813 e. The highest BCUT2D eigenvalue weighted by molar-refractivity contribution is 7.16.